The fourth-order valence-corrected chi connectivity index (χ4v) is 3.71. The number of nitrogens with one attached hydrogen (secondary N) is 1. The predicted octanol–water partition coefficient (Wildman–Crippen LogP) is 3.23. The lowest BCUT2D eigenvalue weighted by Gasteiger charge is -2.14. The summed E-state index contributed by atoms with van der Waals surface area (Å²) < 4.78 is 3.41. The summed E-state index contributed by atoms with van der Waals surface area (Å²) in [5, 5.41) is 21.4. The number of hydrogen-bond acceptors (Lipinski definition) is 6. The fraction of sp³-hybridized carbons (Fsp3) is 0.476. The first-order valence-electron chi connectivity index (χ1n) is 10.1. The van der Waals surface area contributed by atoms with Crippen LogP contribution in [0.25, 0.3) is 16.7 Å². The highest BCUT2D eigenvalue weighted by molar-refractivity contribution is 7.99. The average Bonchev–Trinajstić information content (AvgIpc) is 3.15. The fourth-order valence-electron chi connectivity index (χ4n) is 3.11. The van der Waals surface area contributed by atoms with E-state index in [1.54, 1.807) is 27.2 Å². The molecule has 0 aliphatic heterocycles. The molecule has 8 nitrogen and oxygen atoms in total. The van der Waals surface area contributed by atoms with E-state index >= 15 is 0 Å². The molecule has 0 saturated heterocycles. The summed E-state index contributed by atoms with van der Waals surface area (Å²) in [6, 6.07) is 7.20. The van der Waals surface area contributed by atoms with Crippen LogP contribution in [0.4, 0.5) is 0 Å². The van der Waals surface area contributed by atoms with Gasteiger partial charge >= 0.3 is 0 Å². The van der Waals surface area contributed by atoms with Crippen molar-refractivity contribution in [1.29, 1.82) is 5.26 Å². The van der Waals surface area contributed by atoms with Gasteiger partial charge in [-0.2, -0.15) is 5.26 Å². The zero-order chi connectivity index (χ0) is 21.8. The highest BCUT2D eigenvalue weighted by Crippen LogP contribution is 2.23. The van der Waals surface area contributed by atoms with Crippen molar-refractivity contribution >= 4 is 34.3 Å². The Labute approximate surface area is 179 Å². The number of carbonyl (C=O) groups excluding carboxylic acids is 1. The van der Waals surface area contributed by atoms with Gasteiger partial charge in [0.15, 0.2) is 5.16 Å². The second kappa shape index (κ2) is 9.30. The van der Waals surface area contributed by atoms with Gasteiger partial charge in [-0.05, 0) is 43.9 Å². The average molecular weight is 427 g/mol. The number of benzene rings is 1. The van der Waals surface area contributed by atoms with E-state index < -0.39 is 0 Å². The van der Waals surface area contributed by atoms with Gasteiger partial charge in [0.05, 0.1) is 22.7 Å². The van der Waals surface area contributed by atoms with E-state index in [1.165, 1.54) is 11.8 Å². The molecule has 0 aliphatic carbocycles. The first-order chi connectivity index (χ1) is 14.4. The van der Waals surface area contributed by atoms with E-state index in [0.717, 1.165) is 12.8 Å². The Morgan fingerprint density at radius 2 is 2.07 bits per heavy atom. The van der Waals surface area contributed by atoms with Crippen LogP contribution in [-0.2, 0) is 6.54 Å². The van der Waals surface area contributed by atoms with Crippen LogP contribution in [0, 0.1) is 17.2 Å². The summed E-state index contributed by atoms with van der Waals surface area (Å²) in [6.07, 6.45) is 1.65. The lowest BCUT2D eigenvalue weighted by molar-refractivity contribution is 0.0939. The molecule has 3 rings (SSSR count). The number of aromatic nitrogens is 4. The summed E-state index contributed by atoms with van der Waals surface area (Å²) in [5.41, 5.74) is 0.877. The molecular weight excluding hydrogens is 400 g/mol. The Morgan fingerprint density at radius 3 is 2.73 bits per heavy atom. The van der Waals surface area contributed by atoms with Crippen molar-refractivity contribution in [3.63, 3.8) is 0 Å². The van der Waals surface area contributed by atoms with Crippen molar-refractivity contribution in [2.24, 2.45) is 5.92 Å². The highest BCUT2D eigenvalue weighted by Gasteiger charge is 2.19. The number of fused-ring (bicyclic) bond motifs is 3. The van der Waals surface area contributed by atoms with Crippen molar-refractivity contribution in [3.05, 3.63) is 34.1 Å². The van der Waals surface area contributed by atoms with Crippen LogP contribution in [0.1, 0.15) is 50.9 Å². The maximum absolute atomic E-state index is 13.2. The highest BCUT2D eigenvalue weighted by atomic mass is 32.2. The second-order valence-electron chi connectivity index (χ2n) is 7.72. The molecule has 0 bridgehead atoms. The van der Waals surface area contributed by atoms with Crippen molar-refractivity contribution in [2.75, 3.05) is 5.75 Å². The Hall–Kier alpha value is -2.86. The summed E-state index contributed by atoms with van der Waals surface area (Å²) in [5.74, 6) is 0.868. The molecule has 0 fully saturated rings. The van der Waals surface area contributed by atoms with E-state index in [1.807, 2.05) is 13.8 Å². The number of rotatable bonds is 8. The van der Waals surface area contributed by atoms with Crippen molar-refractivity contribution in [3.8, 4) is 6.07 Å². The van der Waals surface area contributed by atoms with Crippen LogP contribution >= 0.6 is 11.8 Å². The molecule has 0 aliphatic rings. The number of thioether (sulfide) groups is 1. The maximum atomic E-state index is 13.2. The first-order valence-corrected chi connectivity index (χ1v) is 11.1. The van der Waals surface area contributed by atoms with Crippen LogP contribution in [0.3, 0.4) is 0 Å². The molecule has 0 spiro atoms. The molecule has 0 unspecified atom stereocenters. The largest absolute Gasteiger partial charge is 0.350 e. The third-order valence-electron chi connectivity index (χ3n) is 5.02. The quantitative estimate of drug-likeness (QED) is 0.555. The second-order valence-corrected chi connectivity index (χ2v) is 8.66. The number of aryl methyl sites for hydroxylation is 1. The Kier molecular flexibility index (Phi) is 6.77. The maximum Gasteiger partial charge on any atom is 0.262 e. The zero-order valence-corrected chi connectivity index (χ0v) is 18.5. The Morgan fingerprint density at radius 1 is 1.30 bits per heavy atom. The number of carbonyl (C=O) groups is 1. The van der Waals surface area contributed by atoms with E-state index in [2.05, 4.69) is 35.4 Å². The SMILES string of the molecule is CC[C@H](C)NC(=O)c1ccc2c(=O)n(CCC(C)C)c3nnc(SCC#N)n3c2c1. The van der Waals surface area contributed by atoms with Crippen molar-refractivity contribution < 1.29 is 4.79 Å². The molecule has 2 heterocycles. The normalized spacial score (nSPS) is 12.4. The molecule has 30 heavy (non-hydrogen) atoms. The van der Waals surface area contributed by atoms with Gasteiger partial charge in [0.1, 0.15) is 0 Å². The molecule has 2 aromatic heterocycles. The number of nitrogens with zero attached hydrogens (tertiary/aromatic N) is 5. The van der Waals surface area contributed by atoms with Crippen molar-refractivity contribution in [1.82, 2.24) is 24.5 Å². The molecule has 158 valence electrons. The lowest BCUT2D eigenvalue weighted by Crippen LogP contribution is -2.32. The standard InChI is InChI=1S/C21H26N6O2S/c1-5-14(4)23-18(28)15-6-7-16-17(12-15)27-20(24-25-21(27)30-11-9-22)26(19(16)29)10-8-13(2)3/h6-7,12-14H,5,8,10-11H2,1-4H3,(H,23,28)/t14-/m0/s1. The molecule has 1 N–H and O–H groups in total. The van der Waals surface area contributed by atoms with Crippen LogP contribution in [0.2, 0.25) is 0 Å². The van der Waals surface area contributed by atoms with Crippen LogP contribution in [0.5, 0.6) is 0 Å². The minimum atomic E-state index is -0.192. The zero-order valence-electron chi connectivity index (χ0n) is 17.7. The van der Waals surface area contributed by atoms with Crippen molar-refractivity contribution in [2.45, 2.75) is 58.3 Å². The van der Waals surface area contributed by atoms with Gasteiger partial charge in [0.25, 0.3) is 11.5 Å². The molecule has 0 saturated carbocycles. The summed E-state index contributed by atoms with van der Waals surface area (Å²) in [7, 11) is 0. The summed E-state index contributed by atoms with van der Waals surface area (Å²) in [4.78, 5) is 25.8. The molecule has 1 aromatic carbocycles. The topological polar surface area (TPSA) is 105 Å². The van der Waals surface area contributed by atoms with E-state index in [0.29, 0.717) is 39.9 Å². The van der Waals surface area contributed by atoms with Gasteiger partial charge in [-0.15, -0.1) is 10.2 Å². The van der Waals surface area contributed by atoms with Gasteiger partial charge in [-0.25, -0.2) is 0 Å². The third-order valence-corrected chi connectivity index (χ3v) is 5.82. The van der Waals surface area contributed by atoms with E-state index in [9.17, 15) is 9.59 Å². The molecular formula is C21H26N6O2S. The summed E-state index contributed by atoms with van der Waals surface area (Å²) >= 11 is 1.25. The van der Waals surface area contributed by atoms with E-state index in [4.69, 9.17) is 5.26 Å². The Balaban J connectivity index is 2.22. The number of nitriles is 1. The number of amides is 1. The van der Waals surface area contributed by atoms with Gasteiger partial charge in [0, 0.05) is 18.2 Å². The van der Waals surface area contributed by atoms with Gasteiger partial charge in [0.2, 0.25) is 5.78 Å². The van der Waals surface area contributed by atoms with Gasteiger partial charge in [-0.3, -0.25) is 18.6 Å². The third kappa shape index (κ3) is 4.33. The van der Waals surface area contributed by atoms with E-state index in [-0.39, 0.29) is 23.3 Å². The van der Waals surface area contributed by atoms with Gasteiger partial charge in [-0.1, -0.05) is 32.5 Å². The molecule has 0 radical (unpaired) electrons. The summed E-state index contributed by atoms with van der Waals surface area (Å²) in [6.45, 7) is 8.67. The molecule has 9 heteroatoms. The smallest absolute Gasteiger partial charge is 0.262 e. The predicted molar refractivity (Wildman–Crippen MR) is 118 cm³/mol. The molecule has 1 atom stereocenters. The minimum Gasteiger partial charge on any atom is -0.350 e. The Bertz CT molecular complexity index is 1170. The molecule has 3 aromatic rings. The first kappa shape index (κ1) is 21.8. The number of hydrogen-bond donors (Lipinski definition) is 1. The molecule has 1 amide bonds. The lowest BCUT2D eigenvalue weighted by atomic mass is 10.1. The monoisotopic (exact) mass is 426 g/mol. The van der Waals surface area contributed by atoms with Gasteiger partial charge < -0.3 is 5.32 Å². The minimum absolute atomic E-state index is 0.0499. The van der Waals surface area contributed by atoms with Crippen LogP contribution in [0.15, 0.2) is 28.2 Å². The van der Waals surface area contributed by atoms with Crippen LogP contribution in [-0.4, -0.2) is 36.9 Å². The van der Waals surface area contributed by atoms with Crippen LogP contribution < -0.4 is 10.9 Å².